The summed E-state index contributed by atoms with van der Waals surface area (Å²) in [4.78, 5) is 12.1. The lowest BCUT2D eigenvalue weighted by Crippen LogP contribution is -1.97. The highest BCUT2D eigenvalue weighted by molar-refractivity contribution is 6.28. The van der Waals surface area contributed by atoms with Crippen molar-refractivity contribution in [2.75, 3.05) is 0 Å². The van der Waals surface area contributed by atoms with Gasteiger partial charge in [-0.2, -0.15) is 9.97 Å². The zero-order chi connectivity index (χ0) is 41.0. The molecule has 0 fully saturated rings. The zero-order valence-corrected chi connectivity index (χ0v) is 18.0. The molecule has 1 heterocycles. The summed E-state index contributed by atoms with van der Waals surface area (Å²) in [5, 5.41) is -1.75. The molecule has 0 amide bonds. The quantitative estimate of drug-likeness (QED) is 0.249. The van der Waals surface area contributed by atoms with Gasteiger partial charge in [0.2, 0.25) is 5.28 Å². The highest BCUT2D eigenvalue weighted by Crippen LogP contribution is 2.29. The number of benzene rings is 5. The third-order valence-electron chi connectivity index (χ3n) is 4.56. The maximum Gasteiger partial charge on any atom is 0.226 e. The molecular formula is C31H20ClN3. The Bertz CT molecular complexity index is 2680. The van der Waals surface area contributed by atoms with Crippen LogP contribution in [0.2, 0.25) is 5.28 Å². The van der Waals surface area contributed by atoms with Crippen molar-refractivity contribution in [3.05, 3.63) is 126 Å². The van der Waals surface area contributed by atoms with Gasteiger partial charge in [-0.1, -0.05) is 103 Å². The molecule has 6 aromatic rings. The van der Waals surface area contributed by atoms with Gasteiger partial charge < -0.3 is 0 Å². The highest BCUT2D eigenvalue weighted by atomic mass is 35.5. The molecule has 1 aromatic heterocycles. The molecule has 0 aliphatic rings. The Hall–Kier alpha value is -4.34. The van der Waals surface area contributed by atoms with Crippen LogP contribution < -0.4 is 0 Å². The van der Waals surface area contributed by atoms with E-state index in [9.17, 15) is 0 Å². The van der Waals surface area contributed by atoms with E-state index in [1.807, 2.05) is 0 Å². The normalized spacial score (nSPS) is 19.0. The van der Waals surface area contributed by atoms with Crippen LogP contribution in [0.3, 0.4) is 0 Å². The lowest BCUT2D eigenvalue weighted by molar-refractivity contribution is 1.07. The van der Waals surface area contributed by atoms with Gasteiger partial charge in [-0.3, -0.25) is 0 Å². The molecule has 0 spiro atoms. The van der Waals surface area contributed by atoms with Crippen LogP contribution in [0.4, 0.5) is 0 Å². The molecular weight excluding hydrogens is 450 g/mol. The van der Waals surface area contributed by atoms with Gasteiger partial charge in [0.15, 0.2) is 11.6 Å². The van der Waals surface area contributed by atoms with E-state index in [0.717, 1.165) is 0 Å². The summed E-state index contributed by atoms with van der Waals surface area (Å²) >= 11 is 6.25. The number of halogens is 1. The Morgan fingerprint density at radius 3 is 1.51 bits per heavy atom. The van der Waals surface area contributed by atoms with Crippen LogP contribution in [0.25, 0.3) is 55.8 Å². The SMILES string of the molecule is [2H]c1c([2H])c([2H])c(-c2c([2H])c([2H])c([2H])c(-c3nc(Cl)nc(-c4c([2H])c([2H])c5c([2H])c(-c6c([2H])c([2H])c([2H])c([2H])c6[2H])c([2H])c([2H])c5c4[2H])n3)c2[2H])c([2H])c1[2H]. The van der Waals surface area contributed by atoms with Crippen molar-refractivity contribution in [1.82, 2.24) is 15.0 Å². The molecule has 5 aromatic carbocycles. The molecule has 4 heteroatoms. The zero-order valence-electron chi connectivity index (χ0n) is 37.2. The number of aromatic nitrogens is 3. The van der Waals surface area contributed by atoms with Gasteiger partial charge in [0.05, 0.1) is 27.4 Å². The van der Waals surface area contributed by atoms with Gasteiger partial charge in [0.25, 0.3) is 0 Å². The topological polar surface area (TPSA) is 38.7 Å². The van der Waals surface area contributed by atoms with Crippen molar-refractivity contribution in [2.45, 2.75) is 0 Å². The van der Waals surface area contributed by atoms with Crippen LogP contribution in [-0.2, 0) is 0 Å². The summed E-state index contributed by atoms with van der Waals surface area (Å²) in [6.45, 7) is 0. The molecule has 0 N–H and O–H groups in total. The van der Waals surface area contributed by atoms with Gasteiger partial charge in [-0.15, -0.1) is 0 Å². The maximum absolute atomic E-state index is 9.03. The maximum atomic E-state index is 9.03. The Kier molecular flexibility index (Phi) is 2.27. The van der Waals surface area contributed by atoms with E-state index in [2.05, 4.69) is 15.0 Å². The minimum absolute atomic E-state index is 0.543. The second kappa shape index (κ2) is 9.13. The third-order valence-corrected chi connectivity index (χ3v) is 4.72. The van der Waals surface area contributed by atoms with E-state index in [1.54, 1.807) is 0 Å². The first-order valence-electron chi connectivity index (χ1n) is 19.8. The summed E-state index contributed by atoms with van der Waals surface area (Å²) in [5.41, 5.74) is -3.67. The minimum atomic E-state index is -0.855. The number of hydrogen-bond acceptors (Lipinski definition) is 3. The molecule has 6 rings (SSSR count). The summed E-state index contributed by atoms with van der Waals surface area (Å²) in [6, 6.07) is -16.0. The van der Waals surface area contributed by atoms with Crippen molar-refractivity contribution in [3.8, 4) is 45.0 Å². The molecule has 35 heavy (non-hydrogen) atoms. The Morgan fingerprint density at radius 2 is 0.886 bits per heavy atom. The second-order valence-corrected chi connectivity index (χ2v) is 7.09. The lowest BCUT2D eigenvalue weighted by Gasteiger charge is -2.09. The van der Waals surface area contributed by atoms with E-state index < -0.39 is 182 Å². The molecule has 0 unspecified atom stereocenters. The van der Waals surface area contributed by atoms with Crippen LogP contribution in [0.5, 0.6) is 0 Å². The average Bonchev–Trinajstić information content (AvgIpc) is 3.13. The third kappa shape index (κ3) is 4.42. The first-order chi connectivity index (χ1) is 25.6. The summed E-state index contributed by atoms with van der Waals surface area (Å²) < 4.78 is 169. The van der Waals surface area contributed by atoms with Crippen molar-refractivity contribution in [2.24, 2.45) is 0 Å². The Morgan fingerprint density at radius 1 is 0.429 bits per heavy atom. The summed E-state index contributed by atoms with van der Waals surface area (Å²) in [6.07, 6.45) is 0. The number of nitrogens with zero attached hydrogens (tertiary/aromatic N) is 3. The molecule has 0 radical (unpaired) electrons. The van der Waals surface area contributed by atoms with Crippen LogP contribution in [0.1, 0.15) is 27.4 Å². The smallest absolute Gasteiger partial charge is 0.208 e. The van der Waals surface area contributed by atoms with E-state index in [1.165, 1.54) is 0 Å². The van der Waals surface area contributed by atoms with Gasteiger partial charge in [-0.05, 0) is 62.8 Å². The Balaban J connectivity index is 1.67. The fraction of sp³-hybridized carbons (Fsp3) is 0. The van der Waals surface area contributed by atoms with E-state index in [0.29, 0.717) is 0 Å². The fourth-order valence-corrected chi connectivity index (χ4v) is 3.18. The second-order valence-electron chi connectivity index (χ2n) is 6.75. The van der Waals surface area contributed by atoms with Crippen molar-refractivity contribution >= 4 is 22.4 Å². The van der Waals surface area contributed by atoms with Crippen LogP contribution >= 0.6 is 11.6 Å². The highest BCUT2D eigenvalue weighted by Gasteiger charge is 2.11. The lowest BCUT2D eigenvalue weighted by atomic mass is 10.00. The van der Waals surface area contributed by atoms with Gasteiger partial charge in [0.1, 0.15) is 0 Å². The molecule has 0 saturated heterocycles. The van der Waals surface area contributed by atoms with Gasteiger partial charge in [-0.25, -0.2) is 4.98 Å². The average molecular weight is 490 g/mol. The first-order valence-corrected chi connectivity index (χ1v) is 10.2. The largest absolute Gasteiger partial charge is 0.226 e. The molecule has 166 valence electrons. The molecule has 0 saturated carbocycles. The summed E-state index contributed by atoms with van der Waals surface area (Å²) in [5.74, 6) is -1.29. The number of rotatable bonds is 4. The van der Waals surface area contributed by atoms with Gasteiger partial charge >= 0.3 is 0 Å². The molecule has 0 atom stereocenters. The van der Waals surface area contributed by atoms with Crippen molar-refractivity contribution in [1.29, 1.82) is 0 Å². The monoisotopic (exact) mass is 489 g/mol. The minimum Gasteiger partial charge on any atom is -0.208 e. The van der Waals surface area contributed by atoms with Gasteiger partial charge in [0, 0.05) is 11.1 Å². The summed E-state index contributed by atoms with van der Waals surface area (Å²) in [7, 11) is 0. The first kappa shape index (κ1) is 8.71. The van der Waals surface area contributed by atoms with Crippen molar-refractivity contribution < 1.29 is 27.4 Å². The molecule has 3 nitrogen and oxygen atoms in total. The molecule has 0 aliphatic heterocycles. The fourth-order valence-electron chi connectivity index (χ4n) is 3.02. The molecule has 0 aliphatic carbocycles. The van der Waals surface area contributed by atoms with Crippen molar-refractivity contribution in [3.63, 3.8) is 0 Å². The predicted molar refractivity (Wildman–Crippen MR) is 144 cm³/mol. The van der Waals surface area contributed by atoms with Crippen LogP contribution in [0.15, 0.2) is 121 Å². The standard InChI is InChI=1S/C31H20ClN3/c32-31-34-29(27-13-7-12-23(19-27)21-8-3-1-4-9-21)33-30(35-31)28-17-16-25-18-24(14-15-26(25)20-28)22-10-5-2-6-11-22/h1-20H/i1D,2D,3D,4D,5D,6D,7D,8D,9D,10D,11D,12D,13D,14D,15D,16D,17D,18D,19D,20D. The van der Waals surface area contributed by atoms with Crippen LogP contribution in [-0.4, -0.2) is 15.0 Å². The van der Waals surface area contributed by atoms with Crippen LogP contribution in [0, 0.1) is 0 Å². The predicted octanol–water partition coefficient (Wildman–Crippen LogP) is 8.35. The number of hydrogen-bond donors (Lipinski definition) is 0. The Labute approximate surface area is 236 Å². The molecule has 0 bridgehead atoms. The van der Waals surface area contributed by atoms with E-state index >= 15 is 0 Å². The van der Waals surface area contributed by atoms with E-state index in [4.69, 9.17) is 39.0 Å². The number of fused-ring (bicyclic) bond motifs is 1. The van der Waals surface area contributed by atoms with E-state index in [-0.39, 0.29) is 0 Å².